The van der Waals surface area contributed by atoms with Gasteiger partial charge in [0.1, 0.15) is 0 Å². The van der Waals surface area contributed by atoms with Gasteiger partial charge in [0, 0.05) is 16.7 Å². The fourth-order valence-electron chi connectivity index (χ4n) is 2.09. The van der Waals surface area contributed by atoms with Crippen LogP contribution in [0.25, 0.3) is 0 Å². The van der Waals surface area contributed by atoms with E-state index in [2.05, 4.69) is 22.6 Å². The maximum Gasteiger partial charge on any atom is 0.227 e. The number of rotatable bonds is 2. The molecule has 0 aliphatic carbocycles. The van der Waals surface area contributed by atoms with Crippen molar-refractivity contribution in [3.8, 4) is 0 Å². The average molecular weight is 345 g/mol. The molecule has 1 aliphatic heterocycles. The lowest BCUT2D eigenvalue weighted by atomic mass is 10.1. The molecule has 1 aliphatic rings. The minimum absolute atomic E-state index is 0.102. The summed E-state index contributed by atoms with van der Waals surface area (Å²) in [5, 5.41) is 9.83. The summed E-state index contributed by atoms with van der Waals surface area (Å²) in [6.07, 6.45) is 1.10. The number of amides is 1. The predicted octanol–water partition coefficient (Wildman–Crippen LogP) is 1.82. The molecule has 2 rings (SSSR count). The summed E-state index contributed by atoms with van der Waals surface area (Å²) >= 11 is 2.24. The van der Waals surface area contributed by atoms with Crippen LogP contribution in [0.3, 0.4) is 0 Å². The van der Waals surface area contributed by atoms with Gasteiger partial charge in [-0.3, -0.25) is 4.79 Å². The van der Waals surface area contributed by atoms with E-state index in [0.717, 1.165) is 9.13 Å². The molecule has 1 atom stereocenters. The number of nitrogens with zero attached hydrogens (tertiary/aromatic N) is 1. The van der Waals surface area contributed by atoms with E-state index in [4.69, 9.17) is 0 Å². The number of hydrogen-bond acceptors (Lipinski definition) is 2. The van der Waals surface area contributed by atoms with Crippen LogP contribution in [0.15, 0.2) is 24.3 Å². The summed E-state index contributed by atoms with van der Waals surface area (Å²) in [4.78, 5) is 13.8. The van der Waals surface area contributed by atoms with Gasteiger partial charge >= 0.3 is 0 Å². The van der Waals surface area contributed by atoms with Gasteiger partial charge in [-0.15, -0.1) is 0 Å². The Hall–Kier alpha value is -0.620. The van der Waals surface area contributed by atoms with Crippen LogP contribution in [-0.2, 0) is 11.2 Å². The molecule has 0 aromatic heterocycles. The zero-order valence-electron chi connectivity index (χ0n) is 9.82. The molecular weight excluding hydrogens is 329 g/mol. The maximum atomic E-state index is 12.0. The number of carbonyl (C=O) groups is 1. The van der Waals surface area contributed by atoms with Crippen molar-refractivity contribution in [2.45, 2.75) is 25.4 Å². The minimum atomic E-state index is -0.708. The second kappa shape index (κ2) is 4.94. The van der Waals surface area contributed by atoms with Gasteiger partial charge in [-0.05, 0) is 53.6 Å². The van der Waals surface area contributed by atoms with Crippen LogP contribution in [0.1, 0.15) is 18.9 Å². The van der Waals surface area contributed by atoms with Crippen molar-refractivity contribution in [2.75, 3.05) is 13.1 Å². The molecule has 92 valence electrons. The first-order chi connectivity index (χ1) is 7.96. The highest BCUT2D eigenvalue weighted by Gasteiger charge is 2.33. The third kappa shape index (κ3) is 3.42. The maximum absolute atomic E-state index is 12.0. The third-order valence-corrected chi connectivity index (χ3v) is 3.72. The van der Waals surface area contributed by atoms with Crippen molar-refractivity contribution in [1.29, 1.82) is 0 Å². The first-order valence-corrected chi connectivity index (χ1v) is 6.79. The zero-order chi connectivity index (χ0) is 12.5. The Morgan fingerprint density at radius 1 is 1.59 bits per heavy atom. The van der Waals surface area contributed by atoms with Gasteiger partial charge in [-0.25, -0.2) is 0 Å². The number of benzene rings is 1. The van der Waals surface area contributed by atoms with Crippen molar-refractivity contribution in [2.24, 2.45) is 0 Å². The number of halogens is 1. The second-order valence-electron chi connectivity index (χ2n) is 4.87. The van der Waals surface area contributed by atoms with Crippen molar-refractivity contribution in [3.63, 3.8) is 0 Å². The molecule has 3 nitrogen and oxygen atoms in total. The van der Waals surface area contributed by atoms with Crippen molar-refractivity contribution < 1.29 is 9.90 Å². The molecule has 0 bridgehead atoms. The van der Waals surface area contributed by atoms with Gasteiger partial charge < -0.3 is 10.0 Å². The Labute approximate surface area is 115 Å². The topological polar surface area (TPSA) is 40.5 Å². The van der Waals surface area contributed by atoms with Crippen LogP contribution < -0.4 is 0 Å². The molecular formula is C13H16INO2. The van der Waals surface area contributed by atoms with Crippen molar-refractivity contribution >= 4 is 28.5 Å². The van der Waals surface area contributed by atoms with Crippen molar-refractivity contribution in [3.05, 3.63) is 33.4 Å². The van der Waals surface area contributed by atoms with Gasteiger partial charge in [0.25, 0.3) is 0 Å². The SMILES string of the molecule is C[C@@]1(O)CCN(C(=O)Cc2cccc(I)c2)C1. The molecule has 1 heterocycles. The predicted molar refractivity (Wildman–Crippen MR) is 74.7 cm³/mol. The number of likely N-dealkylation sites (tertiary alicyclic amines) is 1. The van der Waals surface area contributed by atoms with E-state index in [0.29, 0.717) is 25.9 Å². The molecule has 1 fully saturated rings. The lowest BCUT2D eigenvalue weighted by Crippen LogP contribution is -2.34. The quantitative estimate of drug-likeness (QED) is 0.831. The smallest absolute Gasteiger partial charge is 0.227 e. The minimum Gasteiger partial charge on any atom is -0.388 e. The first kappa shape index (κ1) is 12.8. The van der Waals surface area contributed by atoms with Crippen LogP contribution in [0.4, 0.5) is 0 Å². The molecule has 1 N–H and O–H groups in total. The molecule has 1 amide bonds. The van der Waals surface area contributed by atoms with Gasteiger partial charge in [0.05, 0.1) is 12.0 Å². The normalized spacial score (nSPS) is 24.1. The molecule has 17 heavy (non-hydrogen) atoms. The molecule has 1 saturated heterocycles. The number of carbonyl (C=O) groups excluding carboxylic acids is 1. The van der Waals surface area contributed by atoms with Crippen LogP contribution in [0, 0.1) is 3.57 Å². The Bertz CT molecular complexity index is 431. The molecule has 4 heteroatoms. The van der Waals surface area contributed by atoms with Gasteiger partial charge in [0.15, 0.2) is 0 Å². The van der Waals surface area contributed by atoms with Crippen LogP contribution in [-0.4, -0.2) is 34.6 Å². The second-order valence-corrected chi connectivity index (χ2v) is 6.11. The van der Waals surface area contributed by atoms with E-state index in [9.17, 15) is 9.90 Å². The lowest BCUT2D eigenvalue weighted by molar-refractivity contribution is -0.130. The Kier molecular flexibility index (Phi) is 3.73. The summed E-state index contributed by atoms with van der Waals surface area (Å²) in [6, 6.07) is 7.96. The Balaban J connectivity index is 1.98. The van der Waals surface area contributed by atoms with E-state index in [1.165, 1.54) is 0 Å². The molecule has 0 radical (unpaired) electrons. The monoisotopic (exact) mass is 345 g/mol. The molecule has 0 spiro atoms. The van der Waals surface area contributed by atoms with Crippen molar-refractivity contribution in [1.82, 2.24) is 4.90 Å². The first-order valence-electron chi connectivity index (χ1n) is 5.71. The van der Waals surface area contributed by atoms with Crippen LogP contribution in [0.2, 0.25) is 0 Å². The highest BCUT2D eigenvalue weighted by atomic mass is 127. The Morgan fingerprint density at radius 2 is 2.35 bits per heavy atom. The summed E-state index contributed by atoms with van der Waals surface area (Å²) in [5.74, 6) is 0.102. The van der Waals surface area contributed by atoms with E-state index >= 15 is 0 Å². The number of aliphatic hydroxyl groups is 1. The standard InChI is InChI=1S/C13H16INO2/c1-13(17)5-6-15(9-13)12(16)8-10-3-2-4-11(14)7-10/h2-4,7,17H,5-6,8-9H2,1H3/t13-/m1/s1. The number of β-amino-alcohol motifs (C(OH)–C–C–N with tert-alkyl or cyclic N) is 1. The molecule has 1 aromatic rings. The van der Waals surface area contributed by atoms with E-state index in [1.54, 1.807) is 11.8 Å². The zero-order valence-corrected chi connectivity index (χ0v) is 12.0. The molecule has 0 saturated carbocycles. The molecule has 0 unspecified atom stereocenters. The van der Waals surface area contributed by atoms with Gasteiger partial charge in [-0.2, -0.15) is 0 Å². The summed E-state index contributed by atoms with van der Waals surface area (Å²) in [7, 11) is 0. The van der Waals surface area contributed by atoms with E-state index < -0.39 is 5.60 Å². The summed E-state index contributed by atoms with van der Waals surface area (Å²) < 4.78 is 1.14. The Morgan fingerprint density at radius 3 is 2.94 bits per heavy atom. The van der Waals surface area contributed by atoms with Crippen LogP contribution in [0.5, 0.6) is 0 Å². The summed E-state index contributed by atoms with van der Waals surface area (Å²) in [5.41, 5.74) is 0.328. The average Bonchev–Trinajstić information content (AvgIpc) is 2.59. The van der Waals surface area contributed by atoms with E-state index in [-0.39, 0.29) is 5.91 Å². The lowest BCUT2D eigenvalue weighted by Gasteiger charge is -2.19. The van der Waals surface area contributed by atoms with Gasteiger partial charge in [-0.1, -0.05) is 12.1 Å². The third-order valence-electron chi connectivity index (χ3n) is 3.05. The number of hydrogen-bond donors (Lipinski definition) is 1. The van der Waals surface area contributed by atoms with Crippen LogP contribution >= 0.6 is 22.6 Å². The fourth-order valence-corrected chi connectivity index (χ4v) is 2.70. The molecule has 1 aromatic carbocycles. The largest absolute Gasteiger partial charge is 0.388 e. The highest BCUT2D eigenvalue weighted by molar-refractivity contribution is 14.1. The van der Waals surface area contributed by atoms with E-state index in [1.807, 2.05) is 24.3 Å². The fraction of sp³-hybridized carbons (Fsp3) is 0.462. The van der Waals surface area contributed by atoms with Gasteiger partial charge in [0.2, 0.25) is 5.91 Å². The highest BCUT2D eigenvalue weighted by Crippen LogP contribution is 2.21. The summed E-state index contributed by atoms with van der Waals surface area (Å²) in [6.45, 7) is 2.90.